The number of carboxylic acids is 1. The van der Waals surface area contributed by atoms with Crippen molar-refractivity contribution in [2.24, 2.45) is 11.5 Å². The molecule has 0 unspecified atom stereocenters. The van der Waals surface area contributed by atoms with Crippen LogP contribution in [0.15, 0.2) is 0 Å². The lowest BCUT2D eigenvalue weighted by Crippen LogP contribution is -2.36. The zero-order valence-electron chi connectivity index (χ0n) is 7.60. The zero-order valence-corrected chi connectivity index (χ0v) is 7.60. The Labute approximate surface area is 80.0 Å². The summed E-state index contributed by atoms with van der Waals surface area (Å²) in [6, 6.07) is -2.30. The fourth-order valence-electron chi connectivity index (χ4n) is 0.514. The SMILES string of the molecule is C[C@H](N)C(=O)OC(=O)C[C@H](N)C(=O)O. The molecule has 0 fully saturated rings. The van der Waals surface area contributed by atoms with Crippen LogP contribution < -0.4 is 11.5 Å². The van der Waals surface area contributed by atoms with Gasteiger partial charge in [-0.2, -0.15) is 0 Å². The summed E-state index contributed by atoms with van der Waals surface area (Å²) >= 11 is 0. The molecule has 0 aromatic heterocycles. The number of ether oxygens (including phenoxy) is 1. The van der Waals surface area contributed by atoms with Crippen LogP contribution in [0, 0.1) is 0 Å². The lowest BCUT2D eigenvalue weighted by Gasteiger charge is -2.07. The predicted molar refractivity (Wildman–Crippen MR) is 45.0 cm³/mol. The van der Waals surface area contributed by atoms with Crippen molar-refractivity contribution in [1.82, 2.24) is 0 Å². The third-order valence-corrected chi connectivity index (χ3v) is 1.29. The van der Waals surface area contributed by atoms with E-state index in [9.17, 15) is 14.4 Å². The van der Waals surface area contributed by atoms with Crippen molar-refractivity contribution >= 4 is 17.9 Å². The molecule has 7 heteroatoms. The van der Waals surface area contributed by atoms with Gasteiger partial charge in [-0.1, -0.05) is 0 Å². The van der Waals surface area contributed by atoms with Gasteiger partial charge in [0.15, 0.2) is 0 Å². The highest BCUT2D eigenvalue weighted by atomic mass is 16.6. The molecule has 80 valence electrons. The molecule has 0 aliphatic rings. The van der Waals surface area contributed by atoms with Gasteiger partial charge >= 0.3 is 17.9 Å². The summed E-state index contributed by atoms with van der Waals surface area (Å²) in [4.78, 5) is 31.8. The van der Waals surface area contributed by atoms with Crippen LogP contribution in [0.3, 0.4) is 0 Å². The number of carbonyl (C=O) groups is 3. The summed E-state index contributed by atoms with van der Waals surface area (Å²) in [5.74, 6) is -3.25. The number of aliphatic carboxylic acids is 1. The van der Waals surface area contributed by atoms with Gasteiger partial charge in [0.05, 0.1) is 6.42 Å². The molecule has 0 aliphatic carbocycles. The molecule has 0 saturated heterocycles. The first-order chi connectivity index (χ1) is 6.34. The van der Waals surface area contributed by atoms with Gasteiger partial charge in [0.2, 0.25) is 0 Å². The third kappa shape index (κ3) is 4.53. The Morgan fingerprint density at radius 1 is 1.36 bits per heavy atom. The minimum atomic E-state index is -1.37. The topological polar surface area (TPSA) is 133 Å². The Morgan fingerprint density at radius 3 is 2.21 bits per heavy atom. The average molecular weight is 204 g/mol. The molecule has 5 N–H and O–H groups in total. The number of hydrogen-bond acceptors (Lipinski definition) is 6. The molecule has 0 saturated carbocycles. The molecule has 0 aromatic rings. The monoisotopic (exact) mass is 204 g/mol. The molecule has 14 heavy (non-hydrogen) atoms. The number of carboxylic acid groups (broad SMARTS) is 1. The van der Waals surface area contributed by atoms with Crippen LogP contribution in [-0.4, -0.2) is 35.1 Å². The summed E-state index contributed by atoms with van der Waals surface area (Å²) in [7, 11) is 0. The van der Waals surface area contributed by atoms with Crippen LogP contribution in [-0.2, 0) is 19.1 Å². The Hall–Kier alpha value is -1.47. The van der Waals surface area contributed by atoms with E-state index < -0.39 is 36.4 Å². The first-order valence-electron chi connectivity index (χ1n) is 3.83. The van der Waals surface area contributed by atoms with Crippen molar-refractivity contribution in [2.75, 3.05) is 0 Å². The maximum Gasteiger partial charge on any atom is 0.330 e. The van der Waals surface area contributed by atoms with Gasteiger partial charge in [-0.25, -0.2) is 4.79 Å². The molecule has 0 amide bonds. The van der Waals surface area contributed by atoms with E-state index in [0.29, 0.717) is 0 Å². The minimum Gasteiger partial charge on any atom is -0.480 e. The second-order valence-electron chi connectivity index (χ2n) is 2.73. The molecule has 0 aromatic carbocycles. The van der Waals surface area contributed by atoms with E-state index >= 15 is 0 Å². The Kier molecular flexibility index (Phi) is 4.74. The maximum atomic E-state index is 10.8. The van der Waals surface area contributed by atoms with Crippen LogP contribution in [0.25, 0.3) is 0 Å². The molecule has 0 bridgehead atoms. The highest BCUT2D eigenvalue weighted by Gasteiger charge is 2.20. The smallest absolute Gasteiger partial charge is 0.330 e. The van der Waals surface area contributed by atoms with E-state index in [1.54, 1.807) is 0 Å². The van der Waals surface area contributed by atoms with Crippen molar-refractivity contribution in [1.29, 1.82) is 0 Å². The molecule has 0 heterocycles. The van der Waals surface area contributed by atoms with Crippen LogP contribution >= 0.6 is 0 Å². The van der Waals surface area contributed by atoms with Gasteiger partial charge in [-0.3, -0.25) is 9.59 Å². The first kappa shape index (κ1) is 12.5. The van der Waals surface area contributed by atoms with E-state index in [4.69, 9.17) is 16.6 Å². The van der Waals surface area contributed by atoms with Crippen molar-refractivity contribution in [3.05, 3.63) is 0 Å². The van der Waals surface area contributed by atoms with Gasteiger partial charge in [0.25, 0.3) is 0 Å². The Morgan fingerprint density at radius 2 is 1.86 bits per heavy atom. The third-order valence-electron chi connectivity index (χ3n) is 1.29. The Bertz CT molecular complexity index is 250. The summed E-state index contributed by atoms with van der Waals surface area (Å²) in [5, 5.41) is 8.33. The van der Waals surface area contributed by atoms with Crippen LogP contribution in [0.2, 0.25) is 0 Å². The van der Waals surface area contributed by atoms with Crippen LogP contribution in [0.5, 0.6) is 0 Å². The van der Waals surface area contributed by atoms with Crippen molar-refractivity contribution < 1.29 is 24.2 Å². The fourth-order valence-corrected chi connectivity index (χ4v) is 0.514. The molecule has 0 spiro atoms. The first-order valence-corrected chi connectivity index (χ1v) is 3.83. The summed E-state index contributed by atoms with van der Waals surface area (Å²) in [6.45, 7) is 1.34. The van der Waals surface area contributed by atoms with E-state index in [1.165, 1.54) is 6.92 Å². The quantitative estimate of drug-likeness (QED) is 0.363. The minimum absolute atomic E-state index is 0.562. The predicted octanol–water partition coefficient (Wildman–Crippen LogP) is -1.79. The number of rotatable bonds is 4. The zero-order chi connectivity index (χ0) is 11.3. The standard InChI is InChI=1S/C7H12N2O5/c1-3(8)7(13)14-5(10)2-4(9)6(11)12/h3-4H,2,8-9H2,1H3,(H,11,12)/t3-,4-/m0/s1. The van der Waals surface area contributed by atoms with Crippen molar-refractivity contribution in [3.8, 4) is 0 Å². The molecule has 2 atom stereocenters. The maximum absolute atomic E-state index is 10.8. The largest absolute Gasteiger partial charge is 0.480 e. The highest BCUT2D eigenvalue weighted by molar-refractivity contribution is 5.90. The molecule has 0 aliphatic heterocycles. The lowest BCUT2D eigenvalue weighted by atomic mass is 10.2. The number of hydrogen-bond donors (Lipinski definition) is 3. The van der Waals surface area contributed by atoms with Crippen LogP contribution in [0.4, 0.5) is 0 Å². The van der Waals surface area contributed by atoms with Crippen LogP contribution in [0.1, 0.15) is 13.3 Å². The highest BCUT2D eigenvalue weighted by Crippen LogP contribution is 1.94. The summed E-state index contributed by atoms with van der Waals surface area (Å²) in [5.41, 5.74) is 10.1. The van der Waals surface area contributed by atoms with E-state index in [1.807, 2.05) is 0 Å². The van der Waals surface area contributed by atoms with E-state index in [-0.39, 0.29) is 0 Å². The Balaban J connectivity index is 3.99. The van der Waals surface area contributed by atoms with E-state index in [2.05, 4.69) is 4.74 Å². The molecular weight excluding hydrogens is 192 g/mol. The molecule has 0 radical (unpaired) electrons. The lowest BCUT2D eigenvalue weighted by molar-refractivity contribution is -0.162. The molecule has 0 rings (SSSR count). The fraction of sp³-hybridized carbons (Fsp3) is 0.571. The van der Waals surface area contributed by atoms with Crippen molar-refractivity contribution in [3.63, 3.8) is 0 Å². The van der Waals surface area contributed by atoms with Gasteiger partial charge < -0.3 is 21.3 Å². The second kappa shape index (κ2) is 5.30. The molecular formula is C7H12N2O5. The number of carbonyl (C=O) groups excluding carboxylic acids is 2. The second-order valence-corrected chi connectivity index (χ2v) is 2.73. The average Bonchev–Trinajstić information content (AvgIpc) is 2.03. The van der Waals surface area contributed by atoms with Gasteiger partial charge in [0.1, 0.15) is 12.1 Å². The molecule has 7 nitrogen and oxygen atoms in total. The van der Waals surface area contributed by atoms with Gasteiger partial charge in [-0.15, -0.1) is 0 Å². The number of esters is 2. The van der Waals surface area contributed by atoms with E-state index in [0.717, 1.165) is 0 Å². The van der Waals surface area contributed by atoms with Gasteiger partial charge in [0, 0.05) is 0 Å². The normalized spacial score (nSPS) is 14.2. The van der Waals surface area contributed by atoms with Gasteiger partial charge in [-0.05, 0) is 6.92 Å². The summed E-state index contributed by atoms with van der Waals surface area (Å²) in [6.07, 6.45) is -0.562. The number of nitrogens with two attached hydrogens (primary N) is 2. The van der Waals surface area contributed by atoms with Crippen molar-refractivity contribution in [2.45, 2.75) is 25.4 Å². The summed E-state index contributed by atoms with van der Waals surface area (Å²) < 4.78 is 4.19.